The molecule has 1 atom stereocenters. The largest absolute Gasteiger partial charge is 0.378 e. The summed E-state index contributed by atoms with van der Waals surface area (Å²) in [6.45, 7) is 4.07. The minimum atomic E-state index is -0.356. The first kappa shape index (κ1) is 20.9. The Morgan fingerprint density at radius 1 is 1.09 bits per heavy atom. The minimum absolute atomic E-state index is 0.356. The van der Waals surface area contributed by atoms with Crippen LogP contribution in [0.3, 0.4) is 0 Å². The second-order valence-electron chi connectivity index (χ2n) is 8.73. The monoisotopic (exact) mass is 462 g/mol. The lowest BCUT2D eigenvalue weighted by Gasteiger charge is -2.30. The molecular formula is C22H26N10O2. The standard InChI is InChI=1S/C22H26N10O2/c1-2-16(1)22(3-4-26-31-22)29-19-10-20(32-5-7-33-8-6-32)28-21(27-19)25-13-17-9-18(30-34-17)15-11-23-14-24-12-15/h9-12,14,16H,1-8,13H2,(H2,25,27,28,29). The highest BCUT2D eigenvalue weighted by Crippen LogP contribution is 2.46. The van der Waals surface area contributed by atoms with Gasteiger partial charge in [-0.1, -0.05) is 5.16 Å². The average molecular weight is 463 g/mol. The Labute approximate surface area is 196 Å². The lowest BCUT2D eigenvalue weighted by atomic mass is 10.0. The van der Waals surface area contributed by atoms with Crippen LogP contribution >= 0.6 is 0 Å². The van der Waals surface area contributed by atoms with Gasteiger partial charge in [0.2, 0.25) is 5.95 Å². The summed E-state index contributed by atoms with van der Waals surface area (Å²) in [5, 5.41) is 19.9. The van der Waals surface area contributed by atoms with E-state index in [9.17, 15) is 0 Å². The van der Waals surface area contributed by atoms with Crippen molar-refractivity contribution in [1.82, 2.24) is 25.1 Å². The summed E-state index contributed by atoms with van der Waals surface area (Å²) in [5.41, 5.74) is 1.12. The Bertz CT molecular complexity index is 1160. The molecule has 6 rings (SSSR count). The molecular weight excluding hydrogens is 436 g/mol. The summed E-state index contributed by atoms with van der Waals surface area (Å²) in [6, 6.07) is 3.86. The average Bonchev–Trinajstić information content (AvgIpc) is 3.47. The van der Waals surface area contributed by atoms with Gasteiger partial charge >= 0.3 is 0 Å². The Morgan fingerprint density at radius 2 is 1.94 bits per heavy atom. The molecule has 12 heteroatoms. The van der Waals surface area contributed by atoms with Crippen LogP contribution in [-0.2, 0) is 11.3 Å². The number of hydrogen-bond donors (Lipinski definition) is 2. The SMILES string of the molecule is c1ncc(-c2cc(CNc3nc(NC4(C5CC5)CCN=N4)cc(N4CCOCC4)n3)on2)cn1. The van der Waals surface area contributed by atoms with Crippen molar-refractivity contribution in [2.45, 2.75) is 31.5 Å². The molecule has 3 aliphatic rings. The van der Waals surface area contributed by atoms with E-state index in [1.807, 2.05) is 12.1 Å². The van der Waals surface area contributed by atoms with Gasteiger partial charge in [-0.15, -0.1) is 0 Å². The Hall–Kier alpha value is -3.67. The predicted molar refractivity (Wildman–Crippen MR) is 123 cm³/mol. The maximum absolute atomic E-state index is 5.52. The van der Waals surface area contributed by atoms with Gasteiger partial charge in [0.1, 0.15) is 23.7 Å². The fourth-order valence-corrected chi connectivity index (χ4v) is 4.37. The number of nitrogens with one attached hydrogen (secondary N) is 2. The normalized spacial score (nSPS) is 22.2. The summed E-state index contributed by atoms with van der Waals surface area (Å²) in [7, 11) is 0. The maximum atomic E-state index is 5.52. The van der Waals surface area contributed by atoms with Crippen LogP contribution in [0.4, 0.5) is 17.6 Å². The number of morpholine rings is 1. The molecule has 34 heavy (non-hydrogen) atoms. The van der Waals surface area contributed by atoms with Gasteiger partial charge in [-0.05, 0) is 12.8 Å². The Balaban J connectivity index is 1.23. The molecule has 5 heterocycles. The molecule has 0 radical (unpaired) electrons. The number of nitrogens with zero attached hydrogens (tertiary/aromatic N) is 8. The molecule has 0 amide bonds. The van der Waals surface area contributed by atoms with Gasteiger partial charge in [-0.3, -0.25) is 0 Å². The molecule has 0 aromatic carbocycles. The first-order valence-corrected chi connectivity index (χ1v) is 11.6. The van der Waals surface area contributed by atoms with Crippen molar-refractivity contribution in [3.05, 3.63) is 36.6 Å². The second-order valence-corrected chi connectivity index (χ2v) is 8.73. The number of azo groups is 1. The Morgan fingerprint density at radius 3 is 2.71 bits per heavy atom. The van der Waals surface area contributed by atoms with Crippen LogP contribution in [0.1, 0.15) is 25.0 Å². The van der Waals surface area contributed by atoms with E-state index in [1.165, 1.54) is 19.2 Å². The van der Waals surface area contributed by atoms with Crippen molar-refractivity contribution < 1.29 is 9.26 Å². The first-order valence-electron chi connectivity index (χ1n) is 11.6. The quantitative estimate of drug-likeness (QED) is 0.513. The molecule has 1 saturated heterocycles. The van der Waals surface area contributed by atoms with E-state index < -0.39 is 0 Å². The topological polar surface area (TPSA) is 139 Å². The summed E-state index contributed by atoms with van der Waals surface area (Å²) in [5.74, 6) is 3.27. The molecule has 0 bridgehead atoms. The molecule has 3 aromatic heterocycles. The second kappa shape index (κ2) is 8.93. The molecule has 2 aliphatic heterocycles. The summed E-state index contributed by atoms with van der Waals surface area (Å²) < 4.78 is 11.0. The third-order valence-corrected chi connectivity index (χ3v) is 6.32. The zero-order chi connectivity index (χ0) is 22.8. The van der Waals surface area contributed by atoms with Crippen molar-refractivity contribution in [2.75, 3.05) is 48.4 Å². The van der Waals surface area contributed by atoms with Crippen LogP contribution in [-0.4, -0.2) is 63.6 Å². The zero-order valence-electron chi connectivity index (χ0n) is 18.7. The van der Waals surface area contributed by atoms with Gasteiger partial charge in [0.05, 0.1) is 26.3 Å². The lowest BCUT2D eigenvalue weighted by Crippen LogP contribution is -2.38. The number of ether oxygens (including phenoxy) is 1. The van der Waals surface area contributed by atoms with E-state index in [1.54, 1.807) is 12.4 Å². The van der Waals surface area contributed by atoms with Crippen LogP contribution < -0.4 is 15.5 Å². The molecule has 2 fully saturated rings. The van der Waals surface area contributed by atoms with Crippen molar-refractivity contribution >= 4 is 17.6 Å². The van der Waals surface area contributed by atoms with Gasteiger partial charge < -0.3 is 24.8 Å². The highest BCUT2D eigenvalue weighted by molar-refractivity contribution is 5.57. The predicted octanol–water partition coefficient (Wildman–Crippen LogP) is 2.74. The van der Waals surface area contributed by atoms with Crippen LogP contribution in [0.25, 0.3) is 11.3 Å². The van der Waals surface area contributed by atoms with Gasteiger partial charge in [0, 0.05) is 55.5 Å². The third-order valence-electron chi connectivity index (χ3n) is 6.32. The van der Waals surface area contributed by atoms with E-state index in [0.29, 0.717) is 43.1 Å². The fraction of sp³-hybridized carbons (Fsp3) is 0.500. The minimum Gasteiger partial charge on any atom is -0.378 e. The van der Waals surface area contributed by atoms with Crippen molar-refractivity contribution in [2.24, 2.45) is 16.1 Å². The highest BCUT2D eigenvalue weighted by atomic mass is 16.5. The molecule has 1 aliphatic carbocycles. The molecule has 12 nitrogen and oxygen atoms in total. The zero-order valence-corrected chi connectivity index (χ0v) is 18.7. The molecule has 1 unspecified atom stereocenters. The van der Waals surface area contributed by atoms with Crippen LogP contribution in [0.5, 0.6) is 0 Å². The summed E-state index contributed by atoms with van der Waals surface area (Å²) in [6.07, 6.45) is 8.10. The van der Waals surface area contributed by atoms with E-state index in [-0.39, 0.29) is 5.66 Å². The number of rotatable bonds is 8. The van der Waals surface area contributed by atoms with Crippen LogP contribution in [0, 0.1) is 5.92 Å². The van der Waals surface area contributed by atoms with Gasteiger partial charge in [-0.2, -0.15) is 20.2 Å². The van der Waals surface area contributed by atoms with E-state index in [0.717, 1.165) is 43.3 Å². The van der Waals surface area contributed by atoms with Crippen molar-refractivity contribution in [3.63, 3.8) is 0 Å². The van der Waals surface area contributed by atoms with Gasteiger partial charge in [-0.25, -0.2) is 9.97 Å². The van der Waals surface area contributed by atoms with E-state index in [2.05, 4.69) is 40.9 Å². The number of aromatic nitrogens is 5. The van der Waals surface area contributed by atoms with Crippen molar-refractivity contribution in [3.8, 4) is 11.3 Å². The number of anilines is 3. The van der Waals surface area contributed by atoms with Gasteiger partial charge in [0.25, 0.3) is 0 Å². The smallest absolute Gasteiger partial charge is 0.226 e. The molecule has 176 valence electrons. The maximum Gasteiger partial charge on any atom is 0.226 e. The van der Waals surface area contributed by atoms with Crippen LogP contribution in [0.15, 0.2) is 45.6 Å². The number of hydrogen-bond acceptors (Lipinski definition) is 12. The fourth-order valence-electron chi connectivity index (χ4n) is 4.37. The molecule has 3 aromatic rings. The summed E-state index contributed by atoms with van der Waals surface area (Å²) >= 11 is 0. The Kier molecular flexibility index (Phi) is 5.49. The van der Waals surface area contributed by atoms with E-state index >= 15 is 0 Å². The molecule has 1 saturated carbocycles. The van der Waals surface area contributed by atoms with E-state index in [4.69, 9.17) is 19.2 Å². The first-order chi connectivity index (χ1) is 16.8. The van der Waals surface area contributed by atoms with Gasteiger partial charge in [0.15, 0.2) is 11.4 Å². The third kappa shape index (κ3) is 4.40. The summed E-state index contributed by atoms with van der Waals surface area (Å²) in [4.78, 5) is 19.8. The lowest BCUT2D eigenvalue weighted by molar-refractivity contribution is 0.122. The molecule has 0 spiro atoms. The highest BCUT2D eigenvalue weighted by Gasteiger charge is 2.47. The molecule has 2 N–H and O–H groups in total. The van der Waals surface area contributed by atoms with Crippen molar-refractivity contribution in [1.29, 1.82) is 0 Å². The van der Waals surface area contributed by atoms with Crippen LogP contribution in [0.2, 0.25) is 0 Å².